The van der Waals surface area contributed by atoms with Gasteiger partial charge in [-0.2, -0.15) is 4.79 Å². The Bertz CT molecular complexity index is 4690. The number of carboxylic acids is 2. The number of ether oxygens (including phenoxy) is 15. The molecule has 10 atom stereocenters. The second-order valence-electron chi connectivity index (χ2n) is 39.1. The first-order chi connectivity index (χ1) is 67.4. The summed E-state index contributed by atoms with van der Waals surface area (Å²) in [4.78, 5) is 129. The summed E-state index contributed by atoms with van der Waals surface area (Å²) in [6, 6.07) is 52.5. The largest absolute Gasteiger partial charge is 1.00 e. The molecule has 0 aliphatic carbocycles. The molecule has 7 amide bonds. The minimum atomic E-state index is -1.33. The fourth-order valence-corrected chi connectivity index (χ4v) is 11.2. The van der Waals surface area contributed by atoms with Crippen molar-refractivity contribution < 1.29 is 180 Å². The molecule has 2 heterocycles. The Morgan fingerprint density at radius 2 is 0.582 bits per heavy atom. The molecule has 6 aromatic carbocycles. The summed E-state index contributed by atoms with van der Waals surface area (Å²) in [7, 11) is 0. The summed E-state index contributed by atoms with van der Waals surface area (Å²) in [5.41, 5.74) is 10.2. The second kappa shape index (κ2) is 70.9. The van der Waals surface area contributed by atoms with Crippen molar-refractivity contribution in [2.75, 3.05) is 71.2 Å². The van der Waals surface area contributed by atoms with E-state index in [0.29, 0.717) is 59.1 Å². The van der Waals surface area contributed by atoms with E-state index in [0.717, 1.165) is 33.4 Å². The minimum Gasteiger partial charge on any atom is -1.00 e. The van der Waals surface area contributed by atoms with Crippen LogP contribution in [-0.4, -0.2) is 277 Å². The Morgan fingerprint density at radius 1 is 0.363 bits per heavy atom. The van der Waals surface area contributed by atoms with Gasteiger partial charge in [0.2, 0.25) is 0 Å². The van der Waals surface area contributed by atoms with Gasteiger partial charge >= 0.3 is 90.4 Å². The van der Waals surface area contributed by atoms with E-state index in [1.807, 2.05) is 229 Å². The smallest absolute Gasteiger partial charge is 1.00 e. The van der Waals surface area contributed by atoms with E-state index in [9.17, 15) is 57.8 Å². The molecule has 805 valence electrons. The van der Waals surface area contributed by atoms with E-state index in [1.54, 1.807) is 104 Å². The summed E-state index contributed by atoms with van der Waals surface area (Å²) in [6.45, 7) is 40.5. The van der Waals surface area contributed by atoms with E-state index in [4.69, 9.17) is 115 Å². The number of halogens is 2. The van der Waals surface area contributed by atoms with Crippen LogP contribution in [0.2, 0.25) is 0 Å². The number of carboxylic acid groups (broad SMARTS) is 2. The van der Waals surface area contributed by atoms with Gasteiger partial charge in [0.15, 0.2) is 17.9 Å². The topological polar surface area (TPSA) is 534 Å². The molecule has 2 unspecified atom stereocenters. The van der Waals surface area contributed by atoms with Crippen molar-refractivity contribution >= 4 is 104 Å². The van der Waals surface area contributed by atoms with Crippen LogP contribution in [0.4, 0.5) is 33.6 Å². The minimum absolute atomic E-state index is 0. The molecular weight excluding hydrogens is 1950 g/mol. The molecule has 2 aliphatic rings. The van der Waals surface area contributed by atoms with Gasteiger partial charge in [0, 0.05) is 8.41 Å². The van der Waals surface area contributed by atoms with Crippen molar-refractivity contribution in [2.45, 2.75) is 285 Å². The number of hydrogen-bond donors (Lipinski definition) is 11. The monoisotopic (exact) mass is 2100 g/mol. The predicted molar refractivity (Wildman–Crippen MR) is 545 cm³/mol. The zero-order valence-electron chi connectivity index (χ0n) is 88.8. The number of alkyl halides is 2. The molecule has 0 saturated carbocycles. The van der Waals surface area contributed by atoms with Crippen LogP contribution in [0.15, 0.2) is 182 Å². The van der Waals surface area contributed by atoms with Crippen molar-refractivity contribution in [3.8, 4) is 0 Å². The third kappa shape index (κ3) is 72.4. The van der Waals surface area contributed by atoms with Crippen LogP contribution < -0.4 is 66.8 Å². The number of aliphatic carboxylic acids is 2. The van der Waals surface area contributed by atoms with Gasteiger partial charge < -0.3 is 136 Å². The Hall–Kier alpha value is -10.9. The number of hydrogen-bond acceptors (Lipinski definition) is 28. The van der Waals surface area contributed by atoms with Crippen LogP contribution in [-0.2, 0) is 130 Å². The number of nitrogens with zero attached hydrogens (tertiary/aromatic N) is 2. The third-order valence-electron chi connectivity index (χ3n) is 17.4. The average Bonchev–Trinajstić information content (AvgIpc) is 1.72. The van der Waals surface area contributed by atoms with Crippen molar-refractivity contribution in [1.82, 2.24) is 37.2 Å². The van der Waals surface area contributed by atoms with Gasteiger partial charge in [-0.05, 0) is 179 Å². The van der Waals surface area contributed by atoms with Gasteiger partial charge in [0.05, 0.1) is 135 Å². The fraction of sp³-hybridized carbons (Fsp3) is 0.534. The van der Waals surface area contributed by atoms with Gasteiger partial charge in [-0.25, -0.2) is 43.2 Å². The number of epoxide rings is 2. The van der Waals surface area contributed by atoms with Crippen LogP contribution in [0.25, 0.3) is 5.53 Å². The number of amides is 7. The molecule has 39 nitrogen and oxygen atoms in total. The number of ketones is 2. The summed E-state index contributed by atoms with van der Waals surface area (Å²) in [5.74, 6) is -3.59. The molecule has 6 aromatic rings. The molecule has 2 saturated heterocycles. The van der Waals surface area contributed by atoms with Crippen molar-refractivity contribution in [1.29, 1.82) is 0 Å². The summed E-state index contributed by atoms with van der Waals surface area (Å²) < 4.78 is 79.3. The third-order valence-corrected chi connectivity index (χ3v) is 17.9. The number of Topliss-reactive ketones (excluding diaryl/α,β-unsaturated/α-hetero) is 2. The van der Waals surface area contributed by atoms with Crippen LogP contribution in [0.5, 0.6) is 0 Å². The number of benzene rings is 6. The summed E-state index contributed by atoms with van der Waals surface area (Å²) >= 11 is 11.2. The molecule has 0 aromatic heterocycles. The Kier molecular flexibility index (Phi) is 65.6. The zero-order valence-corrected chi connectivity index (χ0v) is 91.3. The van der Waals surface area contributed by atoms with Crippen molar-refractivity contribution in [3.05, 3.63) is 221 Å². The normalized spacial score (nSPS) is 14.4. The van der Waals surface area contributed by atoms with Crippen molar-refractivity contribution in [3.63, 3.8) is 0 Å². The zero-order chi connectivity index (χ0) is 108. The van der Waals surface area contributed by atoms with Crippen LogP contribution in [0.1, 0.15) is 180 Å². The molecule has 0 bridgehead atoms. The molecular formula is C103H150BCl2N9NaO30. The molecule has 3 radical (unpaired) electrons. The molecule has 43 heteroatoms. The number of carbonyl (C=O) groups is 11. The Balaban J connectivity index is 0. The number of alkyl carbamates (subject to hydrolysis) is 7. The van der Waals surface area contributed by atoms with Gasteiger partial charge in [-0.1, -0.05) is 182 Å². The van der Waals surface area contributed by atoms with E-state index in [1.165, 1.54) is 0 Å². The maximum Gasteiger partial charge on any atom is 1.00 e. The van der Waals surface area contributed by atoms with Gasteiger partial charge in [0.1, 0.15) is 63.5 Å². The van der Waals surface area contributed by atoms with Gasteiger partial charge in [-0.15, -0.1) is 23.2 Å². The molecule has 2 aliphatic heterocycles. The standard InChI is InChI=1S/C16H24ClNO4.C16H22ClNO4.C16H21N3O4.2C16H23NO4.C15H21NO5.C8H15NO5.B.Na.H/c2*1-16(2,3)22-15(20)18-13(14(19)9-17)11-21-10-12-7-5-4-6-8-12;1-16(2,3)23-15(21)19-13(14(20)9-18-17)11-22-10-12-7-5-4-6-8-12;2*1-16(2,3)21-15(18)17-13(14-11-20-14)10-19-9-12-7-5-4-6-8-12;1-15(2,3)21-14(19)16-12(13(17)18)10-20-9-11-7-5-4-6-8-11;1-8(2,3)14-7(13)9-5(4-10)6(11)12;;;/h4-8,13-14,19H,9-11H2,1-3H3,(H,18,20);4-8,13H,9-11H2,1-3H3,(H,18,20);4-9,13H,10-11H2,1-3H3,(H,19,21);2*4-8,13-14H,9-11H2,1-3H3,(H,17,18);4-8,12H,9-10H2,1-3H3,(H,16,19)(H,17,18);5,10H,4H2,1-3H3,(H,9,13)(H,11,12);;;/q;;;;;;;;+1;-1/t13-,14?;2*13-;13-,14?;13-,14+;12-;5-;;;/m0000000.../s1. The maximum absolute atomic E-state index is 11.8. The quantitative estimate of drug-likeness (QED) is 0.00322. The first-order valence-corrected chi connectivity index (χ1v) is 47.4. The maximum atomic E-state index is 11.8. The van der Waals surface area contributed by atoms with E-state index < -0.39 is 143 Å². The fourth-order valence-electron chi connectivity index (χ4n) is 10.8. The van der Waals surface area contributed by atoms with Crippen LogP contribution in [0.3, 0.4) is 0 Å². The Labute approximate surface area is 892 Å². The predicted octanol–water partition coefficient (Wildman–Crippen LogP) is 11.4. The SMILES string of the molecule is CC(C)(C)OC(=O)N[C@@H](CO)C(=O)O.CC(C)(C)OC(=O)N[C@@H](COCc1ccccc1)C(=O)C=[N+]=[N-].CC(C)(C)OC(=O)N[C@@H](COCc1ccccc1)C(=O)CCl.CC(C)(C)OC(=O)N[C@@H](COCc1ccccc1)C(=O)O.CC(C)(C)OC(=O)N[C@@H](COCc1ccccc1)C(O)CCl.CC(C)(C)OC(=O)N[C@@H](COCc1ccccc1)C1CO1.CC(C)(C)OC(=O)N[C@@H](COCc1ccccc1)[C@H]1CO1.[B].[H-].[Na+]. The number of aliphatic hydroxyl groups excluding tert-OH is 2. The summed E-state index contributed by atoms with van der Waals surface area (Å²) in [5, 5.41) is 53.4. The molecule has 2 fully saturated rings. The first kappa shape index (κ1) is 135. The van der Waals surface area contributed by atoms with Crippen molar-refractivity contribution in [2.24, 2.45) is 0 Å². The molecule has 8 rings (SSSR count). The number of nitrogens with one attached hydrogen (secondary N) is 7. The van der Waals surface area contributed by atoms with E-state index in [2.05, 4.69) is 36.7 Å². The molecule has 11 N–H and O–H groups in total. The van der Waals surface area contributed by atoms with Crippen LogP contribution >= 0.6 is 23.2 Å². The number of rotatable bonds is 42. The van der Waals surface area contributed by atoms with E-state index >= 15 is 0 Å². The van der Waals surface area contributed by atoms with E-state index in [-0.39, 0.29) is 121 Å². The van der Waals surface area contributed by atoms with Crippen LogP contribution in [0, 0.1) is 0 Å². The van der Waals surface area contributed by atoms with Gasteiger partial charge in [0.25, 0.3) is 5.78 Å². The number of aliphatic hydroxyl groups is 2. The second-order valence-corrected chi connectivity index (χ2v) is 39.7. The average molecular weight is 2100 g/mol. The Morgan fingerprint density at radius 3 is 0.815 bits per heavy atom. The van der Waals surface area contributed by atoms with Gasteiger partial charge in [-0.3, -0.25) is 9.59 Å². The summed E-state index contributed by atoms with van der Waals surface area (Å²) in [6.07, 6.45) is -4.69. The number of carbonyl (C=O) groups excluding carboxylic acids is 9. The molecule has 146 heavy (non-hydrogen) atoms. The molecule has 0 spiro atoms. The first-order valence-electron chi connectivity index (χ1n) is 46.4.